The summed E-state index contributed by atoms with van der Waals surface area (Å²) in [6.45, 7) is 1.74. The quantitative estimate of drug-likeness (QED) is 0.678. The van der Waals surface area contributed by atoms with Crippen LogP contribution in [-0.2, 0) is 16.0 Å². The maximum Gasteiger partial charge on any atom is 0.346 e. The van der Waals surface area contributed by atoms with Gasteiger partial charge in [0, 0.05) is 5.69 Å². The van der Waals surface area contributed by atoms with Gasteiger partial charge in [0.15, 0.2) is 6.61 Å². The van der Waals surface area contributed by atoms with Crippen LogP contribution in [0.25, 0.3) is 0 Å². The van der Waals surface area contributed by atoms with Crippen LogP contribution >= 0.6 is 0 Å². The summed E-state index contributed by atoms with van der Waals surface area (Å²) in [6, 6.07) is 12.6. The van der Waals surface area contributed by atoms with Crippen molar-refractivity contribution in [3.05, 3.63) is 53.6 Å². The molecule has 0 bridgehead atoms. The Bertz CT molecular complexity index is 748. The first-order valence-electron chi connectivity index (χ1n) is 8.86. The van der Waals surface area contributed by atoms with E-state index in [4.69, 9.17) is 14.2 Å². The van der Waals surface area contributed by atoms with Crippen molar-refractivity contribution >= 4 is 17.6 Å². The van der Waals surface area contributed by atoms with Gasteiger partial charge in [-0.1, -0.05) is 31.5 Å². The first-order chi connectivity index (χ1) is 13.1. The molecule has 144 valence electrons. The lowest BCUT2D eigenvalue weighted by Gasteiger charge is -2.12. The maximum absolute atomic E-state index is 12.3. The third-order valence-electron chi connectivity index (χ3n) is 4.02. The molecule has 0 saturated heterocycles. The van der Waals surface area contributed by atoms with Gasteiger partial charge in [-0.15, -0.1) is 0 Å². The molecule has 0 aromatic heterocycles. The summed E-state index contributed by atoms with van der Waals surface area (Å²) in [5.74, 6) is -0.460. The van der Waals surface area contributed by atoms with Crippen LogP contribution in [0.1, 0.15) is 35.7 Å². The largest absolute Gasteiger partial charge is 0.496 e. The summed E-state index contributed by atoms with van der Waals surface area (Å²) in [5, 5.41) is 2.71. The van der Waals surface area contributed by atoms with E-state index in [9.17, 15) is 9.59 Å². The molecular formula is C21H25NO5. The topological polar surface area (TPSA) is 73.9 Å². The highest BCUT2D eigenvalue weighted by Gasteiger charge is 2.20. The van der Waals surface area contributed by atoms with E-state index < -0.39 is 18.5 Å². The van der Waals surface area contributed by atoms with E-state index in [1.807, 2.05) is 24.3 Å². The molecule has 0 fully saturated rings. The van der Waals surface area contributed by atoms with Gasteiger partial charge in [-0.2, -0.15) is 0 Å². The van der Waals surface area contributed by atoms with E-state index in [1.54, 1.807) is 18.2 Å². The Kier molecular flexibility index (Phi) is 7.67. The molecule has 0 aliphatic heterocycles. The number of hydrogen-bond donors (Lipinski definition) is 1. The van der Waals surface area contributed by atoms with Crippen LogP contribution in [0.15, 0.2) is 42.5 Å². The van der Waals surface area contributed by atoms with Gasteiger partial charge in [-0.25, -0.2) is 4.79 Å². The molecule has 6 nitrogen and oxygen atoms in total. The van der Waals surface area contributed by atoms with E-state index in [0.29, 0.717) is 17.2 Å². The number of amides is 1. The van der Waals surface area contributed by atoms with Crippen molar-refractivity contribution in [3.8, 4) is 11.5 Å². The fraction of sp³-hybridized carbons (Fsp3) is 0.333. The highest BCUT2D eigenvalue weighted by Crippen LogP contribution is 2.28. The van der Waals surface area contributed by atoms with Gasteiger partial charge < -0.3 is 19.5 Å². The van der Waals surface area contributed by atoms with Crippen LogP contribution in [0.4, 0.5) is 5.69 Å². The summed E-state index contributed by atoms with van der Waals surface area (Å²) in [5.41, 5.74) is 2.03. The molecule has 0 atom stereocenters. The van der Waals surface area contributed by atoms with Crippen LogP contribution in [0, 0.1) is 0 Å². The van der Waals surface area contributed by atoms with Gasteiger partial charge >= 0.3 is 5.97 Å². The average Bonchev–Trinajstić information content (AvgIpc) is 2.70. The predicted octanol–water partition coefficient (Wildman–Crippen LogP) is 3.84. The monoisotopic (exact) mass is 371 g/mol. The zero-order valence-corrected chi connectivity index (χ0v) is 15.9. The highest BCUT2D eigenvalue weighted by molar-refractivity contribution is 5.98. The number of aryl methyl sites for hydroxylation is 1. The summed E-state index contributed by atoms with van der Waals surface area (Å²) < 4.78 is 15.5. The van der Waals surface area contributed by atoms with Crippen molar-refractivity contribution in [3.63, 3.8) is 0 Å². The molecule has 0 radical (unpaired) electrons. The van der Waals surface area contributed by atoms with Gasteiger partial charge in [-0.3, -0.25) is 4.79 Å². The minimum Gasteiger partial charge on any atom is -0.496 e. The molecule has 0 saturated carbocycles. The molecular weight excluding hydrogens is 346 g/mol. The second-order valence-electron chi connectivity index (χ2n) is 5.96. The Hall–Kier alpha value is -3.02. The lowest BCUT2D eigenvalue weighted by Crippen LogP contribution is -2.21. The number of carbonyl (C=O) groups excluding carboxylic acids is 2. The summed E-state index contributed by atoms with van der Waals surface area (Å²) >= 11 is 0. The third-order valence-corrected chi connectivity index (χ3v) is 4.02. The predicted molar refractivity (Wildman–Crippen MR) is 104 cm³/mol. The normalized spacial score (nSPS) is 10.2. The van der Waals surface area contributed by atoms with E-state index in [2.05, 4.69) is 12.2 Å². The Morgan fingerprint density at radius 1 is 0.963 bits per heavy atom. The first-order valence-corrected chi connectivity index (χ1v) is 8.86. The average molecular weight is 371 g/mol. The molecule has 1 N–H and O–H groups in total. The van der Waals surface area contributed by atoms with Gasteiger partial charge in [-0.05, 0) is 42.7 Å². The third kappa shape index (κ3) is 5.74. The SMILES string of the molecule is CCCCc1ccc(NC(=O)COC(=O)c2c(OC)cccc2OC)cc1. The molecule has 6 heteroatoms. The number of carbonyl (C=O) groups is 2. The van der Waals surface area contributed by atoms with Gasteiger partial charge in [0.05, 0.1) is 14.2 Å². The minimum atomic E-state index is -0.686. The number of ether oxygens (including phenoxy) is 3. The van der Waals surface area contributed by atoms with Crippen molar-refractivity contribution in [1.82, 2.24) is 0 Å². The van der Waals surface area contributed by atoms with Crippen LogP contribution in [-0.4, -0.2) is 32.7 Å². The molecule has 1 amide bonds. The number of rotatable bonds is 9. The lowest BCUT2D eigenvalue weighted by molar-refractivity contribution is -0.119. The number of methoxy groups -OCH3 is 2. The van der Waals surface area contributed by atoms with E-state index in [-0.39, 0.29) is 5.56 Å². The van der Waals surface area contributed by atoms with E-state index in [0.717, 1.165) is 19.3 Å². The summed E-state index contributed by atoms with van der Waals surface area (Å²) in [6.07, 6.45) is 3.29. The van der Waals surface area contributed by atoms with Crippen molar-refractivity contribution in [2.24, 2.45) is 0 Å². The van der Waals surface area contributed by atoms with Crippen LogP contribution in [0.2, 0.25) is 0 Å². The van der Waals surface area contributed by atoms with Gasteiger partial charge in [0.2, 0.25) is 0 Å². The standard InChI is InChI=1S/C21H25NO5/c1-4-5-7-15-10-12-16(13-11-15)22-19(23)14-27-21(24)20-17(25-2)8-6-9-18(20)26-3/h6,8-13H,4-5,7,14H2,1-3H3,(H,22,23). The second-order valence-corrected chi connectivity index (χ2v) is 5.96. The fourth-order valence-electron chi connectivity index (χ4n) is 2.59. The number of unbranched alkanes of at least 4 members (excludes halogenated alkanes) is 1. The molecule has 2 rings (SSSR count). The number of benzene rings is 2. The van der Waals surface area contributed by atoms with Crippen molar-refractivity contribution < 1.29 is 23.8 Å². The lowest BCUT2D eigenvalue weighted by atomic mass is 10.1. The minimum absolute atomic E-state index is 0.149. The first kappa shape index (κ1) is 20.3. The molecule has 0 unspecified atom stereocenters. The maximum atomic E-state index is 12.3. The molecule has 0 heterocycles. The Morgan fingerprint density at radius 2 is 1.59 bits per heavy atom. The molecule has 27 heavy (non-hydrogen) atoms. The number of nitrogens with one attached hydrogen (secondary N) is 1. The molecule has 0 aliphatic rings. The zero-order valence-electron chi connectivity index (χ0n) is 15.9. The van der Waals surface area contributed by atoms with Crippen molar-refractivity contribution in [1.29, 1.82) is 0 Å². The summed E-state index contributed by atoms with van der Waals surface area (Å²) in [7, 11) is 2.89. The zero-order chi connectivity index (χ0) is 19.6. The van der Waals surface area contributed by atoms with Crippen LogP contribution in [0.5, 0.6) is 11.5 Å². The fourth-order valence-corrected chi connectivity index (χ4v) is 2.59. The Balaban J connectivity index is 1.93. The van der Waals surface area contributed by atoms with Gasteiger partial charge in [0.1, 0.15) is 17.1 Å². The smallest absolute Gasteiger partial charge is 0.346 e. The van der Waals surface area contributed by atoms with Crippen molar-refractivity contribution in [2.75, 3.05) is 26.1 Å². The van der Waals surface area contributed by atoms with E-state index in [1.165, 1.54) is 19.8 Å². The second kappa shape index (κ2) is 10.2. The van der Waals surface area contributed by atoms with Crippen LogP contribution in [0.3, 0.4) is 0 Å². The molecule has 2 aromatic rings. The molecule has 0 spiro atoms. The van der Waals surface area contributed by atoms with Crippen molar-refractivity contribution in [2.45, 2.75) is 26.2 Å². The number of esters is 1. The number of hydrogen-bond acceptors (Lipinski definition) is 5. The Labute approximate surface area is 159 Å². The molecule has 0 aliphatic carbocycles. The molecule has 2 aromatic carbocycles. The number of anilines is 1. The highest BCUT2D eigenvalue weighted by atomic mass is 16.5. The summed E-state index contributed by atoms with van der Waals surface area (Å²) in [4.78, 5) is 24.4. The Morgan fingerprint density at radius 3 is 2.15 bits per heavy atom. The van der Waals surface area contributed by atoms with Gasteiger partial charge in [0.25, 0.3) is 5.91 Å². The van der Waals surface area contributed by atoms with Crippen LogP contribution < -0.4 is 14.8 Å². The van der Waals surface area contributed by atoms with E-state index >= 15 is 0 Å².